The van der Waals surface area contributed by atoms with Gasteiger partial charge in [0, 0.05) is 57.3 Å². The van der Waals surface area contributed by atoms with Crippen molar-refractivity contribution in [2.45, 2.75) is 90.2 Å². The molecule has 0 spiro atoms. The molecule has 8 rings (SSSR count). The van der Waals surface area contributed by atoms with Crippen molar-refractivity contribution in [2.75, 3.05) is 69.2 Å². The Morgan fingerprint density at radius 3 is 2.46 bits per heavy atom. The van der Waals surface area contributed by atoms with Gasteiger partial charge in [-0.05, 0) is 74.5 Å². The third-order valence-corrected chi connectivity index (χ3v) is 14.0. The number of piperidine rings is 1. The van der Waals surface area contributed by atoms with Gasteiger partial charge < -0.3 is 40.7 Å². The molecule has 0 unspecified atom stereocenters. The van der Waals surface area contributed by atoms with Gasteiger partial charge in [-0.1, -0.05) is 57.2 Å². The molecule has 6 heterocycles. The number of hydrogen-bond acceptors (Lipinski definition) is 14. The number of hydrogen-bond donors (Lipinski definition) is 5. The number of aromatic nitrogens is 3. The molecule has 0 aliphatic carbocycles. The Morgan fingerprint density at radius 1 is 0.984 bits per heavy atom. The van der Waals surface area contributed by atoms with Crippen LogP contribution in [0.4, 0.5) is 16.3 Å². The first-order valence-electron chi connectivity index (χ1n) is 22.1. The average Bonchev–Trinajstić information content (AvgIpc) is 3.90. The standard InChI is InChI=1S/C46H60N10O6S/c1-28(30-10-12-31(13-11-30)40-29(2)48-27-63-40)49-43(59)38-22-34(57)26-56(38)44(60)41(46(3,4)5)50-45(61)62-21-20-53-16-14-32(15-17-53)54-18-19-55-33(25-54)24-47-42-37(55)23-36(51-52-42)35-8-6-7-9-39(35)58/h6-13,23,27-28,32-34,38,41,57-58H,14-22,24-26H2,1-5H3,(H,47,52)(H,49,59)(H,50,61)/t28-,33-,34+,38-,41+/m0/s1. The number of nitrogens with zero attached hydrogens (tertiary/aromatic N) is 7. The first-order chi connectivity index (χ1) is 30.2. The smallest absolute Gasteiger partial charge is 0.407 e. The molecule has 3 saturated heterocycles. The Kier molecular flexibility index (Phi) is 13.2. The lowest BCUT2D eigenvalue weighted by molar-refractivity contribution is -0.142. The van der Waals surface area contributed by atoms with Crippen LogP contribution in [0.25, 0.3) is 21.7 Å². The van der Waals surface area contributed by atoms with E-state index < -0.39 is 35.6 Å². The van der Waals surface area contributed by atoms with Crippen LogP contribution >= 0.6 is 11.3 Å². The topological polar surface area (TPSA) is 189 Å². The lowest BCUT2D eigenvalue weighted by atomic mass is 9.85. The number of aliphatic hydroxyl groups is 1. The first-order valence-corrected chi connectivity index (χ1v) is 23.0. The molecule has 4 aliphatic heterocycles. The number of phenols is 1. The lowest BCUT2D eigenvalue weighted by Crippen LogP contribution is -2.61. The van der Waals surface area contributed by atoms with Gasteiger partial charge in [-0.15, -0.1) is 21.5 Å². The zero-order valence-electron chi connectivity index (χ0n) is 36.8. The second-order valence-corrected chi connectivity index (χ2v) is 19.2. The molecule has 2 aromatic carbocycles. The fraction of sp³-hybridized carbons (Fsp3) is 0.522. The molecule has 3 amide bonds. The molecule has 17 heteroatoms. The number of carbonyl (C=O) groups is 3. The fourth-order valence-corrected chi connectivity index (χ4v) is 10.2. The number of amides is 3. The van der Waals surface area contributed by atoms with Crippen molar-refractivity contribution >= 4 is 40.7 Å². The minimum Gasteiger partial charge on any atom is -0.507 e. The molecule has 3 fully saturated rings. The van der Waals surface area contributed by atoms with Gasteiger partial charge in [0.1, 0.15) is 24.4 Å². The van der Waals surface area contributed by atoms with E-state index in [0.717, 1.165) is 85.3 Å². The number of β-amino-alcohol motifs (C(OH)–C–C–N with tert-alkyl or cyclic N) is 1. The molecule has 2 aromatic heterocycles. The van der Waals surface area contributed by atoms with E-state index in [0.29, 0.717) is 23.8 Å². The molecule has 0 radical (unpaired) electrons. The summed E-state index contributed by atoms with van der Waals surface area (Å²) in [6.45, 7) is 15.5. The number of benzene rings is 2. The van der Waals surface area contributed by atoms with Gasteiger partial charge in [0.05, 0.1) is 45.7 Å². The van der Waals surface area contributed by atoms with Crippen molar-refractivity contribution in [2.24, 2.45) is 5.41 Å². The number of aromatic hydroxyl groups is 1. The van der Waals surface area contributed by atoms with Crippen molar-refractivity contribution in [3.05, 3.63) is 71.4 Å². The highest BCUT2D eigenvalue weighted by atomic mass is 32.1. The molecule has 5 N–H and O–H groups in total. The fourth-order valence-electron chi connectivity index (χ4n) is 9.42. The van der Waals surface area contributed by atoms with E-state index in [1.165, 1.54) is 4.90 Å². The minimum atomic E-state index is -0.984. The number of para-hydroxylation sites is 1. The predicted molar refractivity (Wildman–Crippen MR) is 242 cm³/mol. The van der Waals surface area contributed by atoms with Gasteiger partial charge in [-0.3, -0.25) is 19.4 Å². The maximum absolute atomic E-state index is 14.1. The van der Waals surface area contributed by atoms with Crippen LogP contribution in [-0.4, -0.2) is 147 Å². The quantitative estimate of drug-likeness (QED) is 0.140. The maximum Gasteiger partial charge on any atom is 0.407 e. The van der Waals surface area contributed by atoms with Gasteiger partial charge in [0.25, 0.3) is 0 Å². The molecular formula is C46H60N10O6S. The molecule has 336 valence electrons. The second-order valence-electron chi connectivity index (χ2n) is 18.4. The van der Waals surface area contributed by atoms with Crippen molar-refractivity contribution in [1.29, 1.82) is 0 Å². The van der Waals surface area contributed by atoms with Crippen LogP contribution in [0.2, 0.25) is 0 Å². The summed E-state index contributed by atoms with van der Waals surface area (Å²) in [4.78, 5) is 55.2. The molecule has 16 nitrogen and oxygen atoms in total. The summed E-state index contributed by atoms with van der Waals surface area (Å²) in [7, 11) is 0. The number of phenolic OH excluding ortho intramolecular Hbond substituents is 1. The van der Waals surface area contributed by atoms with E-state index in [9.17, 15) is 24.6 Å². The Bertz CT molecular complexity index is 2260. The number of thiazole rings is 1. The highest BCUT2D eigenvalue weighted by Crippen LogP contribution is 2.37. The van der Waals surface area contributed by atoms with Crippen LogP contribution in [0.15, 0.2) is 60.1 Å². The Hall–Kier alpha value is -5.36. The number of fused-ring (bicyclic) bond motifs is 3. The molecule has 0 bridgehead atoms. The summed E-state index contributed by atoms with van der Waals surface area (Å²) in [5, 5.41) is 39.2. The number of aryl methyl sites for hydroxylation is 1. The molecular weight excluding hydrogens is 821 g/mol. The predicted octanol–water partition coefficient (Wildman–Crippen LogP) is 4.64. The molecule has 4 aromatic rings. The van der Waals surface area contributed by atoms with E-state index >= 15 is 0 Å². The van der Waals surface area contributed by atoms with Crippen molar-refractivity contribution in [1.82, 2.24) is 40.5 Å². The summed E-state index contributed by atoms with van der Waals surface area (Å²) in [6.07, 6.45) is 0.574. The molecule has 63 heavy (non-hydrogen) atoms. The molecule has 5 atom stereocenters. The van der Waals surface area contributed by atoms with Crippen molar-refractivity contribution in [3.8, 4) is 27.4 Å². The average molecular weight is 881 g/mol. The normalized spacial score (nSPS) is 21.8. The number of nitrogens with one attached hydrogen (secondary N) is 3. The zero-order chi connectivity index (χ0) is 44.4. The van der Waals surface area contributed by atoms with Gasteiger partial charge >= 0.3 is 6.09 Å². The first kappa shape index (κ1) is 44.3. The van der Waals surface area contributed by atoms with Crippen LogP contribution in [0.1, 0.15) is 64.3 Å². The number of rotatable bonds is 11. The summed E-state index contributed by atoms with van der Waals surface area (Å²) < 4.78 is 5.65. The highest BCUT2D eigenvalue weighted by Gasteiger charge is 2.45. The highest BCUT2D eigenvalue weighted by molar-refractivity contribution is 7.13. The maximum atomic E-state index is 14.1. The third kappa shape index (κ3) is 9.91. The monoisotopic (exact) mass is 880 g/mol. The minimum absolute atomic E-state index is 0.00838. The second kappa shape index (κ2) is 18.8. The van der Waals surface area contributed by atoms with Gasteiger partial charge in [-0.25, -0.2) is 9.78 Å². The SMILES string of the molecule is Cc1ncsc1-c1ccc([C@H](C)NC(=O)[C@@H]2C[C@@H](O)CN2C(=O)[C@@H](NC(=O)OCCN2CCC(N3CCN4c5cc(-c6ccccc6O)nnc5NC[C@H]4C3)CC2)C(C)(C)C)cc1. The van der Waals surface area contributed by atoms with Crippen LogP contribution in [0.3, 0.4) is 0 Å². The van der Waals surface area contributed by atoms with Crippen LogP contribution in [0.5, 0.6) is 5.75 Å². The largest absolute Gasteiger partial charge is 0.507 e. The van der Waals surface area contributed by atoms with E-state index in [4.69, 9.17) is 4.74 Å². The Morgan fingerprint density at radius 2 is 1.75 bits per heavy atom. The van der Waals surface area contributed by atoms with Gasteiger partial charge in [0.2, 0.25) is 11.8 Å². The van der Waals surface area contributed by atoms with E-state index in [1.807, 2.05) is 82.6 Å². The molecule has 4 aliphatic rings. The van der Waals surface area contributed by atoms with Crippen LogP contribution in [0, 0.1) is 12.3 Å². The summed E-state index contributed by atoms with van der Waals surface area (Å²) in [5.74, 6) is 0.164. The number of likely N-dealkylation sites (tertiary alicyclic amines) is 2. The molecule has 0 saturated carbocycles. The Labute approximate surface area is 373 Å². The van der Waals surface area contributed by atoms with Crippen molar-refractivity contribution < 1.29 is 29.3 Å². The number of aliphatic hydroxyl groups excluding tert-OH is 1. The summed E-state index contributed by atoms with van der Waals surface area (Å²) >= 11 is 1.58. The van der Waals surface area contributed by atoms with E-state index in [2.05, 4.69) is 45.8 Å². The number of alkyl carbamates (subject to hydrolysis) is 1. The van der Waals surface area contributed by atoms with E-state index in [-0.39, 0.29) is 43.3 Å². The van der Waals surface area contributed by atoms with Crippen molar-refractivity contribution in [3.63, 3.8) is 0 Å². The number of ether oxygens (including phenoxy) is 1. The van der Waals surface area contributed by atoms with Gasteiger partial charge in [0.15, 0.2) is 5.82 Å². The zero-order valence-corrected chi connectivity index (χ0v) is 37.6. The Balaban J connectivity index is 0.790. The van der Waals surface area contributed by atoms with Gasteiger partial charge in [-0.2, -0.15) is 0 Å². The van der Waals surface area contributed by atoms with Crippen LogP contribution < -0.4 is 20.9 Å². The third-order valence-electron chi connectivity index (χ3n) is 13.0. The summed E-state index contributed by atoms with van der Waals surface area (Å²) in [5.41, 5.74) is 6.39. The number of carbonyl (C=O) groups excluding carboxylic acids is 3. The number of anilines is 2. The lowest BCUT2D eigenvalue weighted by Gasteiger charge is -2.49. The number of piperazine rings is 1. The van der Waals surface area contributed by atoms with E-state index in [1.54, 1.807) is 23.5 Å². The van der Waals surface area contributed by atoms with Crippen LogP contribution in [-0.2, 0) is 14.3 Å². The summed E-state index contributed by atoms with van der Waals surface area (Å²) in [6, 6.07) is 15.7.